The molecule has 1 saturated heterocycles. The van der Waals surface area contributed by atoms with Crippen LogP contribution in [0.3, 0.4) is 0 Å². The van der Waals surface area contributed by atoms with Crippen molar-refractivity contribution in [3.8, 4) is 0 Å². The summed E-state index contributed by atoms with van der Waals surface area (Å²) in [7, 11) is 2.06. The van der Waals surface area contributed by atoms with Gasteiger partial charge in [0.2, 0.25) is 0 Å². The lowest BCUT2D eigenvalue weighted by atomic mass is 9.80. The number of unbranched alkanes of at least 4 members (excludes halogenated alkanes) is 17. The van der Waals surface area contributed by atoms with E-state index in [9.17, 15) is 14.4 Å². The second-order valence-electron chi connectivity index (χ2n) is 17.1. The van der Waals surface area contributed by atoms with Crippen LogP contribution < -0.4 is 0 Å². The van der Waals surface area contributed by atoms with E-state index in [1.807, 2.05) is 6.92 Å². The third kappa shape index (κ3) is 30.8. The summed E-state index contributed by atoms with van der Waals surface area (Å²) < 4.78 is 29.4. The number of rotatable bonds is 39. The molecule has 1 aliphatic heterocycles. The fourth-order valence-electron chi connectivity index (χ4n) is 6.93. The van der Waals surface area contributed by atoms with Gasteiger partial charge in [-0.2, -0.15) is 0 Å². The Labute approximate surface area is 356 Å². The topological polar surface area (TPSA) is 101 Å². The van der Waals surface area contributed by atoms with Gasteiger partial charge in [-0.1, -0.05) is 141 Å². The predicted octanol–water partition coefficient (Wildman–Crippen LogP) is 12.2. The molecule has 0 radical (unpaired) electrons. The number of carbonyl (C=O) groups is 3. The first kappa shape index (κ1) is 53.8. The second kappa shape index (κ2) is 37.7. The third-order valence-corrected chi connectivity index (χ3v) is 11.3. The zero-order chi connectivity index (χ0) is 42.4. The summed E-state index contributed by atoms with van der Waals surface area (Å²) in [5, 5.41) is 0. The van der Waals surface area contributed by atoms with Crippen LogP contribution in [-0.4, -0.2) is 82.3 Å². The molecule has 0 aromatic carbocycles. The minimum Gasteiger partial charge on any atom is -0.465 e. The maximum Gasteiger partial charge on any atom is 0.311 e. The maximum absolute atomic E-state index is 13.2. The fraction of sp³-hybridized carbons (Fsp3) is 0.857. The van der Waals surface area contributed by atoms with Crippen LogP contribution in [0.1, 0.15) is 201 Å². The van der Waals surface area contributed by atoms with E-state index in [4.69, 9.17) is 23.7 Å². The second-order valence-corrected chi connectivity index (χ2v) is 17.1. The van der Waals surface area contributed by atoms with Crippen molar-refractivity contribution in [3.05, 3.63) is 24.3 Å². The first-order valence-corrected chi connectivity index (χ1v) is 23.9. The zero-order valence-electron chi connectivity index (χ0n) is 38.2. The molecule has 338 valence electrons. The lowest BCUT2D eigenvalue weighted by molar-refractivity contribution is -0.165. The average Bonchev–Trinajstić information content (AvgIpc) is 3.22. The quantitative estimate of drug-likeness (QED) is 0.0197. The number of ether oxygens (including phenoxy) is 5. The lowest BCUT2D eigenvalue weighted by Gasteiger charge is -2.36. The van der Waals surface area contributed by atoms with Gasteiger partial charge in [-0.25, -0.2) is 0 Å². The highest BCUT2D eigenvalue weighted by Crippen LogP contribution is 2.32. The van der Waals surface area contributed by atoms with Crippen LogP contribution in [0.5, 0.6) is 0 Å². The van der Waals surface area contributed by atoms with Crippen LogP contribution in [0.4, 0.5) is 0 Å². The van der Waals surface area contributed by atoms with Crippen molar-refractivity contribution in [1.29, 1.82) is 0 Å². The molecular weight excluding hydrogens is 731 g/mol. The third-order valence-electron chi connectivity index (χ3n) is 11.3. The molecule has 0 aromatic rings. The number of carbonyl (C=O) groups excluding carboxylic acids is 3. The number of hydrogen-bond acceptors (Lipinski definition) is 9. The summed E-state index contributed by atoms with van der Waals surface area (Å²) in [5.74, 6) is -1.33. The van der Waals surface area contributed by atoms with Crippen molar-refractivity contribution in [2.75, 3.05) is 53.2 Å². The molecule has 0 amide bonds. The Hall–Kier alpha value is -2.23. The lowest BCUT2D eigenvalue weighted by Crippen LogP contribution is -2.42. The number of piperidine rings is 1. The van der Waals surface area contributed by atoms with Gasteiger partial charge in [-0.15, -0.1) is 0 Å². The Bertz CT molecular complexity index is 1040. The smallest absolute Gasteiger partial charge is 0.311 e. The van der Waals surface area contributed by atoms with Crippen molar-refractivity contribution in [1.82, 2.24) is 4.90 Å². The Morgan fingerprint density at radius 1 is 0.569 bits per heavy atom. The van der Waals surface area contributed by atoms with Gasteiger partial charge in [0.15, 0.2) is 6.29 Å². The van der Waals surface area contributed by atoms with E-state index in [1.54, 1.807) is 0 Å². The maximum atomic E-state index is 13.2. The van der Waals surface area contributed by atoms with Crippen molar-refractivity contribution in [2.45, 2.75) is 207 Å². The van der Waals surface area contributed by atoms with Crippen molar-refractivity contribution in [3.63, 3.8) is 0 Å². The number of hydrogen-bond donors (Lipinski definition) is 0. The molecule has 9 nitrogen and oxygen atoms in total. The van der Waals surface area contributed by atoms with Crippen LogP contribution in [0.25, 0.3) is 0 Å². The molecule has 0 saturated carbocycles. The van der Waals surface area contributed by atoms with Gasteiger partial charge >= 0.3 is 17.9 Å². The highest BCUT2D eigenvalue weighted by Gasteiger charge is 2.38. The number of nitrogens with zero attached hydrogens (tertiary/aromatic N) is 1. The van der Waals surface area contributed by atoms with Gasteiger partial charge in [-0.3, -0.25) is 14.4 Å². The van der Waals surface area contributed by atoms with Gasteiger partial charge in [0, 0.05) is 26.1 Å². The molecule has 0 aromatic heterocycles. The zero-order valence-corrected chi connectivity index (χ0v) is 38.2. The minimum atomic E-state index is -0.550. The highest BCUT2D eigenvalue weighted by molar-refractivity contribution is 5.76. The summed E-state index contributed by atoms with van der Waals surface area (Å²) in [6.45, 7) is 11.6. The first-order chi connectivity index (χ1) is 28.2. The summed E-state index contributed by atoms with van der Waals surface area (Å²) in [4.78, 5) is 41.1. The first-order valence-electron chi connectivity index (χ1n) is 23.9. The molecule has 0 N–H and O–H groups in total. The Morgan fingerprint density at radius 2 is 1.03 bits per heavy atom. The predicted molar refractivity (Wildman–Crippen MR) is 238 cm³/mol. The summed E-state index contributed by atoms with van der Waals surface area (Å²) >= 11 is 0. The van der Waals surface area contributed by atoms with Gasteiger partial charge in [0.05, 0.1) is 17.8 Å². The van der Waals surface area contributed by atoms with Crippen molar-refractivity contribution >= 4 is 17.9 Å². The van der Waals surface area contributed by atoms with E-state index >= 15 is 0 Å². The van der Waals surface area contributed by atoms with E-state index in [0.717, 1.165) is 96.6 Å². The van der Waals surface area contributed by atoms with Crippen LogP contribution in [0.2, 0.25) is 0 Å². The van der Waals surface area contributed by atoms with Crippen LogP contribution in [0.15, 0.2) is 24.3 Å². The summed E-state index contributed by atoms with van der Waals surface area (Å²) in [6, 6.07) is 0. The van der Waals surface area contributed by atoms with Crippen molar-refractivity contribution < 1.29 is 38.1 Å². The van der Waals surface area contributed by atoms with Crippen LogP contribution >= 0.6 is 0 Å². The molecule has 1 atom stereocenters. The van der Waals surface area contributed by atoms with E-state index < -0.39 is 17.6 Å². The average molecular weight is 820 g/mol. The largest absolute Gasteiger partial charge is 0.465 e. The standard InChI is InChI=1S/C49H89NO8/c1-6-9-12-15-18-19-20-21-22-23-24-25-26-29-32-45(51)56-41-44(43-58-48(53)49(4)35-37-50(5)38-36-49)42-57-46(52)33-34-47(54-39-30-27-16-13-10-7-2)55-40-31-28-17-14-11-8-3/h15,18,20-21,44,47H,6-14,16-17,19,22-43H2,1-5H3/b18-15-,21-20-. The fourth-order valence-corrected chi connectivity index (χ4v) is 6.93. The minimum absolute atomic E-state index is 0.00430. The summed E-state index contributed by atoms with van der Waals surface area (Å²) in [5.41, 5.74) is -0.550. The summed E-state index contributed by atoms with van der Waals surface area (Å²) in [6.07, 6.45) is 36.1. The van der Waals surface area contributed by atoms with Crippen LogP contribution in [0, 0.1) is 11.3 Å². The molecule has 1 rings (SSSR count). The molecule has 0 aliphatic carbocycles. The number of likely N-dealkylation sites (tertiary alicyclic amines) is 1. The number of esters is 3. The van der Waals surface area contributed by atoms with Crippen LogP contribution in [-0.2, 0) is 38.1 Å². The van der Waals surface area contributed by atoms with Gasteiger partial charge in [0.25, 0.3) is 0 Å². The van der Waals surface area contributed by atoms with E-state index in [2.05, 4.69) is 57.0 Å². The molecule has 1 fully saturated rings. The Kier molecular flexibility index (Phi) is 35.0. The van der Waals surface area contributed by atoms with E-state index in [0.29, 0.717) is 26.1 Å². The molecular formula is C49H89NO8. The SMILES string of the molecule is CCCC/C=C\C/C=C\CCCCCCCC(=O)OCC(COC(=O)CCC(OCCCCCCCC)OCCCCCCCC)COC(=O)C1(C)CCN(C)CC1. The molecule has 0 spiro atoms. The molecule has 0 bridgehead atoms. The van der Waals surface area contributed by atoms with Gasteiger partial charge < -0.3 is 28.6 Å². The molecule has 1 heterocycles. The Balaban J connectivity index is 2.57. The highest BCUT2D eigenvalue weighted by atomic mass is 16.7. The molecule has 9 heteroatoms. The molecule has 1 aliphatic rings. The molecule has 1 unspecified atom stereocenters. The van der Waals surface area contributed by atoms with Gasteiger partial charge in [0.1, 0.15) is 19.8 Å². The van der Waals surface area contributed by atoms with E-state index in [-0.39, 0.29) is 44.1 Å². The normalized spacial score (nSPS) is 15.1. The Morgan fingerprint density at radius 3 is 1.60 bits per heavy atom. The van der Waals surface area contributed by atoms with E-state index in [1.165, 1.54) is 70.6 Å². The van der Waals surface area contributed by atoms with Crippen molar-refractivity contribution in [2.24, 2.45) is 11.3 Å². The number of allylic oxidation sites excluding steroid dienone is 4. The molecule has 58 heavy (non-hydrogen) atoms. The van der Waals surface area contributed by atoms with Gasteiger partial charge in [-0.05, 0) is 84.8 Å². The monoisotopic (exact) mass is 820 g/mol.